The average molecular weight is 172 g/mol. The lowest BCUT2D eigenvalue weighted by atomic mass is 10.3. The van der Waals surface area contributed by atoms with Gasteiger partial charge in [0.25, 0.3) is 0 Å². The minimum absolute atomic E-state index is 0.246. The van der Waals surface area contributed by atoms with Crippen LogP contribution in [0.25, 0.3) is 0 Å². The van der Waals surface area contributed by atoms with Crippen molar-refractivity contribution < 1.29 is 9.59 Å². The number of unbranched alkanes of at least 4 members (excludes halogenated alkanes) is 1. The molecule has 3 amide bonds. The molecule has 0 aromatic heterocycles. The lowest BCUT2D eigenvalue weighted by molar-refractivity contribution is -0.119. The van der Waals surface area contributed by atoms with Crippen molar-refractivity contribution in [1.29, 1.82) is 0 Å². The molecule has 12 heavy (non-hydrogen) atoms. The molecule has 0 saturated heterocycles. The van der Waals surface area contributed by atoms with Gasteiger partial charge in [-0.15, -0.1) is 0 Å². The summed E-state index contributed by atoms with van der Waals surface area (Å²) in [4.78, 5) is 21.5. The van der Waals surface area contributed by atoms with Crippen LogP contribution in [0.4, 0.5) is 4.79 Å². The van der Waals surface area contributed by atoms with Gasteiger partial charge in [0.15, 0.2) is 0 Å². The molecule has 0 aliphatic carbocycles. The third kappa shape index (κ3) is 5.70. The van der Waals surface area contributed by atoms with Gasteiger partial charge in [0.05, 0.1) is 0 Å². The first kappa shape index (κ1) is 10.9. The highest BCUT2D eigenvalue weighted by molar-refractivity contribution is 5.94. The summed E-state index contributed by atoms with van der Waals surface area (Å²) in [7, 11) is 0. The number of rotatable bonds is 4. The molecule has 0 aliphatic heterocycles. The van der Waals surface area contributed by atoms with Crippen LogP contribution >= 0.6 is 0 Å². The minimum atomic E-state index is -0.393. The van der Waals surface area contributed by atoms with Crippen molar-refractivity contribution in [2.75, 3.05) is 6.54 Å². The summed E-state index contributed by atoms with van der Waals surface area (Å²) in [5.74, 6) is -0.246. The maximum absolute atomic E-state index is 10.8. The number of urea groups is 1. The van der Waals surface area contributed by atoms with Gasteiger partial charge >= 0.3 is 6.03 Å². The topological polar surface area (TPSA) is 58.2 Å². The lowest BCUT2D eigenvalue weighted by Crippen LogP contribution is -2.39. The van der Waals surface area contributed by atoms with E-state index in [0.29, 0.717) is 13.0 Å². The predicted molar refractivity (Wildman–Crippen MR) is 46.7 cm³/mol. The van der Waals surface area contributed by atoms with Crippen molar-refractivity contribution in [2.45, 2.75) is 33.1 Å². The highest BCUT2D eigenvalue weighted by Gasteiger charge is 2.02. The third-order valence-corrected chi connectivity index (χ3v) is 1.39. The van der Waals surface area contributed by atoms with E-state index < -0.39 is 6.03 Å². The van der Waals surface area contributed by atoms with E-state index in [1.165, 1.54) is 0 Å². The van der Waals surface area contributed by atoms with Gasteiger partial charge in [-0.2, -0.15) is 0 Å². The van der Waals surface area contributed by atoms with Gasteiger partial charge in [-0.1, -0.05) is 20.3 Å². The van der Waals surface area contributed by atoms with E-state index in [-0.39, 0.29) is 5.91 Å². The lowest BCUT2D eigenvalue weighted by Gasteiger charge is -2.03. The van der Waals surface area contributed by atoms with E-state index in [1.54, 1.807) is 6.92 Å². The van der Waals surface area contributed by atoms with Gasteiger partial charge in [0, 0.05) is 13.0 Å². The number of imide groups is 1. The number of carbonyl (C=O) groups is 2. The molecule has 0 rings (SSSR count). The van der Waals surface area contributed by atoms with Crippen LogP contribution in [-0.4, -0.2) is 18.5 Å². The zero-order chi connectivity index (χ0) is 9.40. The first-order valence-electron chi connectivity index (χ1n) is 4.28. The average Bonchev–Trinajstić information content (AvgIpc) is 2.05. The van der Waals surface area contributed by atoms with Gasteiger partial charge in [-0.05, 0) is 6.42 Å². The molecule has 4 nitrogen and oxygen atoms in total. The van der Waals surface area contributed by atoms with Crippen LogP contribution in [0.15, 0.2) is 0 Å². The van der Waals surface area contributed by atoms with Crippen molar-refractivity contribution >= 4 is 11.9 Å². The van der Waals surface area contributed by atoms with Crippen molar-refractivity contribution in [2.24, 2.45) is 0 Å². The molecule has 2 N–H and O–H groups in total. The number of amides is 3. The molecular formula is C8H16N2O2. The van der Waals surface area contributed by atoms with Crippen LogP contribution in [0, 0.1) is 0 Å². The molecule has 0 atom stereocenters. The standard InChI is InChI=1S/C8H16N2O2/c1-3-5-6-9-8(12)10-7(11)4-2/h3-6H2,1-2H3,(H2,9,10,11,12). The molecule has 0 spiro atoms. The maximum atomic E-state index is 10.8. The fraction of sp³-hybridized carbons (Fsp3) is 0.750. The second kappa shape index (κ2) is 6.64. The van der Waals surface area contributed by atoms with Crippen LogP contribution in [0.2, 0.25) is 0 Å². The normalized spacial score (nSPS) is 9.17. The molecule has 0 bridgehead atoms. The van der Waals surface area contributed by atoms with E-state index in [1.807, 2.05) is 6.92 Å². The zero-order valence-electron chi connectivity index (χ0n) is 7.64. The number of carbonyl (C=O) groups excluding carboxylic acids is 2. The van der Waals surface area contributed by atoms with Crippen LogP contribution < -0.4 is 10.6 Å². The monoisotopic (exact) mass is 172 g/mol. The molecule has 0 fully saturated rings. The second-order valence-electron chi connectivity index (χ2n) is 2.51. The molecule has 0 heterocycles. The smallest absolute Gasteiger partial charge is 0.321 e. The molecule has 0 saturated carbocycles. The van der Waals surface area contributed by atoms with Crippen LogP contribution in [-0.2, 0) is 4.79 Å². The molecular weight excluding hydrogens is 156 g/mol. The zero-order valence-corrected chi connectivity index (χ0v) is 7.64. The molecule has 70 valence electrons. The fourth-order valence-corrected chi connectivity index (χ4v) is 0.638. The number of hydrogen-bond acceptors (Lipinski definition) is 2. The Labute approximate surface area is 72.7 Å². The SMILES string of the molecule is CCCCNC(=O)NC(=O)CC. The maximum Gasteiger partial charge on any atom is 0.321 e. The summed E-state index contributed by atoms with van der Waals surface area (Å²) in [6.07, 6.45) is 2.30. The van der Waals surface area contributed by atoms with E-state index >= 15 is 0 Å². The van der Waals surface area contributed by atoms with Gasteiger partial charge in [-0.3, -0.25) is 10.1 Å². The van der Waals surface area contributed by atoms with Gasteiger partial charge in [-0.25, -0.2) is 4.79 Å². The van der Waals surface area contributed by atoms with E-state index in [9.17, 15) is 9.59 Å². The van der Waals surface area contributed by atoms with Gasteiger partial charge < -0.3 is 5.32 Å². The van der Waals surface area contributed by atoms with E-state index in [2.05, 4.69) is 10.6 Å². The molecule has 0 aromatic carbocycles. The summed E-state index contributed by atoms with van der Waals surface area (Å²) in [6, 6.07) is -0.393. The predicted octanol–water partition coefficient (Wildman–Crippen LogP) is 1.02. The molecule has 0 aliphatic rings. The third-order valence-electron chi connectivity index (χ3n) is 1.39. The quantitative estimate of drug-likeness (QED) is 0.622. The summed E-state index contributed by atoms with van der Waals surface area (Å²) < 4.78 is 0. The summed E-state index contributed by atoms with van der Waals surface area (Å²) in [5, 5.41) is 4.78. The fourth-order valence-electron chi connectivity index (χ4n) is 0.638. The first-order valence-corrected chi connectivity index (χ1v) is 4.28. The van der Waals surface area contributed by atoms with Crippen molar-refractivity contribution in [1.82, 2.24) is 10.6 Å². The highest BCUT2D eigenvalue weighted by Crippen LogP contribution is 1.82. The van der Waals surface area contributed by atoms with E-state index in [4.69, 9.17) is 0 Å². The Hall–Kier alpha value is -1.06. The summed E-state index contributed by atoms with van der Waals surface area (Å²) in [6.45, 7) is 4.37. The van der Waals surface area contributed by atoms with Crippen molar-refractivity contribution in [3.63, 3.8) is 0 Å². The summed E-state index contributed by atoms with van der Waals surface area (Å²) in [5.41, 5.74) is 0. The number of nitrogens with one attached hydrogen (secondary N) is 2. The Morgan fingerprint density at radius 3 is 2.42 bits per heavy atom. The van der Waals surface area contributed by atoms with Gasteiger partial charge in [0.2, 0.25) is 5.91 Å². The second-order valence-corrected chi connectivity index (χ2v) is 2.51. The number of hydrogen-bond donors (Lipinski definition) is 2. The molecule has 0 aromatic rings. The Balaban J connectivity index is 3.40. The first-order chi connectivity index (χ1) is 5.70. The van der Waals surface area contributed by atoms with Crippen LogP contribution in [0.5, 0.6) is 0 Å². The minimum Gasteiger partial charge on any atom is -0.338 e. The Morgan fingerprint density at radius 1 is 1.25 bits per heavy atom. The van der Waals surface area contributed by atoms with Crippen LogP contribution in [0.3, 0.4) is 0 Å². The Kier molecular flexibility index (Phi) is 6.05. The molecule has 4 heteroatoms. The Morgan fingerprint density at radius 2 is 1.92 bits per heavy atom. The van der Waals surface area contributed by atoms with Crippen LogP contribution in [0.1, 0.15) is 33.1 Å². The largest absolute Gasteiger partial charge is 0.338 e. The highest BCUT2D eigenvalue weighted by atomic mass is 16.2. The van der Waals surface area contributed by atoms with Crippen molar-refractivity contribution in [3.8, 4) is 0 Å². The Bertz CT molecular complexity index is 157. The van der Waals surface area contributed by atoms with E-state index in [0.717, 1.165) is 12.8 Å². The van der Waals surface area contributed by atoms with Crippen molar-refractivity contribution in [3.05, 3.63) is 0 Å². The molecule has 0 unspecified atom stereocenters. The van der Waals surface area contributed by atoms with Gasteiger partial charge in [0.1, 0.15) is 0 Å². The molecule has 0 radical (unpaired) electrons. The summed E-state index contributed by atoms with van der Waals surface area (Å²) >= 11 is 0.